The van der Waals surface area contributed by atoms with Crippen LogP contribution in [0.25, 0.3) is 0 Å². The summed E-state index contributed by atoms with van der Waals surface area (Å²) in [7, 11) is -1.68. The molecule has 1 amide bonds. The van der Waals surface area contributed by atoms with Crippen molar-refractivity contribution in [3.8, 4) is 0 Å². The fourth-order valence-corrected chi connectivity index (χ4v) is 3.11. The van der Waals surface area contributed by atoms with E-state index in [4.69, 9.17) is 4.74 Å². The molecule has 1 aromatic carbocycles. The van der Waals surface area contributed by atoms with Crippen molar-refractivity contribution < 1.29 is 17.9 Å². The minimum atomic E-state index is -3.32. The molecule has 6 heteroatoms. The second kappa shape index (κ2) is 5.54. The first-order valence-corrected chi connectivity index (χ1v) is 8.34. The fourth-order valence-electron chi connectivity index (χ4n) is 2.37. The number of carbonyl (C=O) groups excluding carboxylic acids is 1. The molecule has 1 aliphatic rings. The van der Waals surface area contributed by atoms with Gasteiger partial charge in [0.15, 0.2) is 9.84 Å². The Morgan fingerprint density at radius 3 is 2.60 bits per heavy atom. The Bertz CT molecular complexity index is 624. The smallest absolute Gasteiger partial charge is 0.253 e. The van der Waals surface area contributed by atoms with Crippen LogP contribution in [0.1, 0.15) is 22.3 Å². The van der Waals surface area contributed by atoms with E-state index < -0.39 is 9.84 Å². The topological polar surface area (TPSA) is 63.7 Å². The first kappa shape index (κ1) is 15.0. The van der Waals surface area contributed by atoms with Gasteiger partial charge in [0.05, 0.1) is 11.0 Å². The van der Waals surface area contributed by atoms with Crippen molar-refractivity contribution in [1.29, 1.82) is 0 Å². The summed E-state index contributed by atoms with van der Waals surface area (Å²) in [6.07, 6.45) is 2.03. The number of ether oxygens (including phenoxy) is 1. The van der Waals surface area contributed by atoms with E-state index in [9.17, 15) is 13.2 Å². The van der Waals surface area contributed by atoms with Gasteiger partial charge in [-0.1, -0.05) is 0 Å². The number of amides is 1. The molecule has 1 heterocycles. The van der Waals surface area contributed by atoms with Gasteiger partial charge in [-0.3, -0.25) is 4.79 Å². The Kier molecular flexibility index (Phi) is 4.15. The van der Waals surface area contributed by atoms with Crippen molar-refractivity contribution in [3.05, 3.63) is 29.3 Å². The first-order chi connectivity index (χ1) is 9.31. The zero-order valence-electron chi connectivity index (χ0n) is 11.9. The molecular weight excluding hydrogens is 278 g/mol. The number of rotatable bonds is 3. The molecule has 2 rings (SSSR count). The van der Waals surface area contributed by atoms with Crippen LogP contribution in [0.2, 0.25) is 0 Å². The van der Waals surface area contributed by atoms with Crippen molar-refractivity contribution in [3.63, 3.8) is 0 Å². The van der Waals surface area contributed by atoms with Crippen molar-refractivity contribution >= 4 is 15.7 Å². The number of methoxy groups -OCH3 is 1. The zero-order valence-corrected chi connectivity index (χ0v) is 12.7. The summed E-state index contributed by atoms with van der Waals surface area (Å²) in [5, 5.41) is 0. The molecule has 0 radical (unpaired) electrons. The molecule has 0 bridgehead atoms. The van der Waals surface area contributed by atoms with Crippen LogP contribution in [-0.2, 0) is 14.6 Å². The van der Waals surface area contributed by atoms with Gasteiger partial charge >= 0.3 is 0 Å². The summed E-state index contributed by atoms with van der Waals surface area (Å²) in [4.78, 5) is 14.3. The van der Waals surface area contributed by atoms with Gasteiger partial charge in [-0.05, 0) is 37.1 Å². The Morgan fingerprint density at radius 2 is 2.05 bits per heavy atom. The van der Waals surface area contributed by atoms with E-state index in [1.165, 1.54) is 6.07 Å². The third-order valence-corrected chi connectivity index (χ3v) is 4.58. The molecule has 5 nitrogen and oxygen atoms in total. The SMILES string of the molecule is CO[C@H]1CCN(C(=O)c2cc(C)cc(S(C)(=O)=O)c2)C1. The monoisotopic (exact) mass is 297 g/mol. The molecule has 0 unspecified atom stereocenters. The van der Waals surface area contributed by atoms with E-state index in [1.807, 2.05) is 0 Å². The predicted octanol–water partition coefficient (Wildman–Crippen LogP) is 1.26. The Balaban J connectivity index is 2.29. The summed E-state index contributed by atoms with van der Waals surface area (Å²) in [6.45, 7) is 2.98. The van der Waals surface area contributed by atoms with Gasteiger partial charge in [0, 0.05) is 32.0 Å². The lowest BCUT2D eigenvalue weighted by molar-refractivity contribution is 0.0724. The molecule has 0 N–H and O–H groups in total. The highest BCUT2D eigenvalue weighted by Crippen LogP contribution is 2.19. The van der Waals surface area contributed by atoms with E-state index in [0.29, 0.717) is 18.7 Å². The standard InChI is InChI=1S/C14H19NO4S/c1-10-6-11(8-13(7-10)20(3,17)18)14(16)15-5-4-12(9-15)19-2/h6-8,12H,4-5,9H2,1-3H3/t12-/m0/s1. The third kappa shape index (κ3) is 3.19. The maximum atomic E-state index is 12.4. The third-order valence-electron chi connectivity index (χ3n) is 3.49. The van der Waals surface area contributed by atoms with E-state index in [1.54, 1.807) is 31.1 Å². The molecule has 0 aromatic heterocycles. The molecule has 0 aliphatic carbocycles. The lowest BCUT2D eigenvalue weighted by Crippen LogP contribution is -2.30. The second-order valence-electron chi connectivity index (χ2n) is 5.20. The molecular formula is C14H19NO4S. The van der Waals surface area contributed by atoms with Crippen LogP contribution in [-0.4, -0.2) is 51.8 Å². The maximum Gasteiger partial charge on any atom is 0.253 e. The van der Waals surface area contributed by atoms with Gasteiger partial charge < -0.3 is 9.64 Å². The highest BCUT2D eigenvalue weighted by atomic mass is 32.2. The van der Waals surface area contributed by atoms with Crippen LogP contribution in [0.5, 0.6) is 0 Å². The van der Waals surface area contributed by atoms with Gasteiger partial charge in [0.25, 0.3) is 5.91 Å². The minimum absolute atomic E-state index is 0.0677. The van der Waals surface area contributed by atoms with E-state index in [-0.39, 0.29) is 16.9 Å². The van der Waals surface area contributed by atoms with Gasteiger partial charge in [-0.2, -0.15) is 0 Å². The number of aryl methyl sites for hydroxylation is 1. The lowest BCUT2D eigenvalue weighted by atomic mass is 10.1. The number of carbonyl (C=O) groups is 1. The average molecular weight is 297 g/mol. The zero-order chi connectivity index (χ0) is 14.9. The molecule has 110 valence electrons. The van der Waals surface area contributed by atoms with Crippen LogP contribution in [0.4, 0.5) is 0 Å². The number of benzene rings is 1. The molecule has 1 saturated heterocycles. The number of nitrogens with zero attached hydrogens (tertiary/aromatic N) is 1. The fraction of sp³-hybridized carbons (Fsp3) is 0.500. The maximum absolute atomic E-state index is 12.4. The molecule has 1 atom stereocenters. The second-order valence-corrected chi connectivity index (χ2v) is 7.22. The number of likely N-dealkylation sites (tertiary alicyclic amines) is 1. The molecule has 20 heavy (non-hydrogen) atoms. The van der Waals surface area contributed by atoms with Crippen LogP contribution in [0.15, 0.2) is 23.1 Å². The van der Waals surface area contributed by atoms with Crippen molar-refractivity contribution in [2.75, 3.05) is 26.5 Å². The van der Waals surface area contributed by atoms with Crippen molar-refractivity contribution in [2.45, 2.75) is 24.3 Å². The molecule has 1 aromatic rings. The minimum Gasteiger partial charge on any atom is -0.380 e. The van der Waals surface area contributed by atoms with Gasteiger partial charge in [0.2, 0.25) is 0 Å². The Morgan fingerprint density at radius 1 is 1.35 bits per heavy atom. The van der Waals surface area contributed by atoms with E-state index in [2.05, 4.69) is 0 Å². The highest BCUT2D eigenvalue weighted by Gasteiger charge is 2.27. The molecule has 1 fully saturated rings. The van der Waals surface area contributed by atoms with E-state index >= 15 is 0 Å². The van der Waals surface area contributed by atoms with Gasteiger partial charge in [0.1, 0.15) is 0 Å². The lowest BCUT2D eigenvalue weighted by Gasteiger charge is -2.17. The number of hydrogen-bond donors (Lipinski definition) is 0. The quantitative estimate of drug-likeness (QED) is 0.842. The van der Waals surface area contributed by atoms with Crippen molar-refractivity contribution in [1.82, 2.24) is 4.90 Å². The summed E-state index contributed by atoms with van der Waals surface area (Å²) in [5.41, 5.74) is 1.18. The summed E-state index contributed by atoms with van der Waals surface area (Å²) in [5.74, 6) is -0.141. The largest absolute Gasteiger partial charge is 0.380 e. The van der Waals surface area contributed by atoms with Crippen LogP contribution >= 0.6 is 0 Å². The first-order valence-electron chi connectivity index (χ1n) is 6.45. The summed E-state index contributed by atoms with van der Waals surface area (Å²) in [6, 6.07) is 4.75. The summed E-state index contributed by atoms with van der Waals surface area (Å²) >= 11 is 0. The van der Waals surface area contributed by atoms with Crippen LogP contribution < -0.4 is 0 Å². The Labute approximate surface area is 119 Å². The summed E-state index contributed by atoms with van der Waals surface area (Å²) < 4.78 is 28.5. The number of hydrogen-bond acceptors (Lipinski definition) is 4. The van der Waals surface area contributed by atoms with Crippen LogP contribution in [0, 0.1) is 6.92 Å². The number of sulfone groups is 1. The highest BCUT2D eigenvalue weighted by molar-refractivity contribution is 7.90. The van der Waals surface area contributed by atoms with Crippen LogP contribution in [0.3, 0.4) is 0 Å². The van der Waals surface area contributed by atoms with Crippen molar-refractivity contribution in [2.24, 2.45) is 0 Å². The molecule has 0 spiro atoms. The average Bonchev–Trinajstić information content (AvgIpc) is 2.84. The van der Waals surface area contributed by atoms with E-state index in [0.717, 1.165) is 18.2 Å². The normalized spacial score (nSPS) is 19.4. The Hall–Kier alpha value is -1.40. The molecule has 0 saturated carbocycles. The van der Waals surface area contributed by atoms with Gasteiger partial charge in [-0.25, -0.2) is 8.42 Å². The van der Waals surface area contributed by atoms with Gasteiger partial charge in [-0.15, -0.1) is 0 Å². The predicted molar refractivity (Wildman–Crippen MR) is 75.6 cm³/mol. The molecule has 1 aliphatic heterocycles.